The van der Waals surface area contributed by atoms with E-state index in [-0.39, 0.29) is 35.6 Å². The van der Waals surface area contributed by atoms with E-state index < -0.39 is 0 Å². The monoisotopic (exact) mass is 882 g/mol. The van der Waals surface area contributed by atoms with Gasteiger partial charge in [0.25, 0.3) is 0 Å². The van der Waals surface area contributed by atoms with Crippen molar-refractivity contribution in [1.29, 1.82) is 0 Å². The molecule has 0 radical (unpaired) electrons. The first-order valence-electron chi connectivity index (χ1n) is 21.0. The van der Waals surface area contributed by atoms with Gasteiger partial charge in [-0.25, -0.2) is 6.08 Å². The molecule has 302 valence electrons. The third-order valence-corrected chi connectivity index (χ3v) is 13.4. The molecule has 0 heterocycles. The zero-order chi connectivity index (χ0) is 40.1. The van der Waals surface area contributed by atoms with E-state index in [9.17, 15) is 0 Å². The number of hydrogen-bond donors (Lipinski definition) is 0. The van der Waals surface area contributed by atoms with E-state index in [1.54, 1.807) is 8.78 Å². The quantitative estimate of drug-likeness (QED) is 0.152. The van der Waals surface area contributed by atoms with E-state index >= 15 is 0 Å². The Kier molecular flexibility index (Phi) is 16.7. The summed E-state index contributed by atoms with van der Waals surface area (Å²) in [6, 6.07) is 44.3. The molecule has 1 fully saturated rings. The maximum absolute atomic E-state index is 3.37. The van der Waals surface area contributed by atoms with Gasteiger partial charge in [-0.05, 0) is 44.2 Å². The molecule has 0 N–H and O–H groups in total. The molecule has 0 aliphatic heterocycles. The molecule has 1 saturated carbocycles. The number of rotatable bonds is 5. The number of hydrogen-bond acceptors (Lipinski definition) is 0. The van der Waals surface area contributed by atoms with E-state index in [2.05, 4.69) is 202 Å². The molecular formula is C55H62Cl2Zr-2. The van der Waals surface area contributed by atoms with Crippen molar-refractivity contribution in [1.82, 2.24) is 0 Å². The molecule has 0 nitrogen and oxygen atoms in total. The van der Waals surface area contributed by atoms with Gasteiger partial charge in [0.1, 0.15) is 0 Å². The average molecular weight is 885 g/mol. The number of allylic oxidation sites excluding steroid dienone is 4. The van der Waals surface area contributed by atoms with Crippen LogP contribution in [0.4, 0.5) is 0 Å². The van der Waals surface area contributed by atoms with Crippen LogP contribution in [0.25, 0.3) is 43.8 Å². The molecule has 2 aliphatic carbocycles. The van der Waals surface area contributed by atoms with Gasteiger partial charge in [-0.15, -0.1) is 39.7 Å². The Bertz CT molecular complexity index is 2200. The zero-order valence-electron chi connectivity index (χ0n) is 36.3. The van der Waals surface area contributed by atoms with Crippen molar-refractivity contribution in [2.24, 2.45) is 11.3 Å². The molecule has 58 heavy (non-hydrogen) atoms. The molecule has 0 amide bonds. The Labute approximate surface area is 378 Å². The minimum Gasteiger partial charge on any atom is -1.00 e. The van der Waals surface area contributed by atoms with Crippen molar-refractivity contribution < 1.29 is 49.0 Å². The molecule has 6 aromatic rings. The van der Waals surface area contributed by atoms with Crippen molar-refractivity contribution >= 4 is 24.8 Å². The van der Waals surface area contributed by atoms with Crippen LogP contribution in [0.3, 0.4) is 0 Å². The van der Waals surface area contributed by atoms with Gasteiger partial charge in [-0.2, -0.15) is 11.6 Å². The molecule has 0 saturated heterocycles. The fourth-order valence-corrected chi connectivity index (χ4v) is 8.90. The Morgan fingerprint density at radius 2 is 1.10 bits per heavy atom. The number of benzene rings is 5. The van der Waals surface area contributed by atoms with Crippen LogP contribution in [0.15, 0.2) is 139 Å². The van der Waals surface area contributed by atoms with Gasteiger partial charge in [0.15, 0.2) is 0 Å². The van der Waals surface area contributed by atoms with Gasteiger partial charge in [-0.1, -0.05) is 172 Å². The maximum Gasteiger partial charge on any atom is -1.00 e. The second-order valence-electron chi connectivity index (χ2n) is 18.4. The number of fused-ring (bicyclic) bond motifs is 3. The molecule has 0 aromatic heterocycles. The summed E-state index contributed by atoms with van der Waals surface area (Å²) in [4.78, 5) is 0. The van der Waals surface area contributed by atoms with Gasteiger partial charge in [0, 0.05) is 0 Å². The van der Waals surface area contributed by atoms with Crippen LogP contribution in [0.5, 0.6) is 0 Å². The molecule has 8 rings (SSSR count). The first-order valence-corrected chi connectivity index (χ1v) is 22.2. The summed E-state index contributed by atoms with van der Waals surface area (Å²) < 4.78 is 1.55. The molecule has 0 spiro atoms. The van der Waals surface area contributed by atoms with Crippen LogP contribution in [-0.4, -0.2) is 3.21 Å². The second-order valence-corrected chi connectivity index (χ2v) is 19.9. The van der Waals surface area contributed by atoms with E-state index in [1.165, 1.54) is 123 Å². The van der Waals surface area contributed by atoms with Crippen LogP contribution in [0.2, 0.25) is 0 Å². The molecule has 1 atom stereocenters. The van der Waals surface area contributed by atoms with E-state index in [4.69, 9.17) is 0 Å². The predicted molar refractivity (Wildman–Crippen MR) is 242 cm³/mol. The van der Waals surface area contributed by atoms with Crippen LogP contribution in [-0.2, 0) is 35.1 Å². The molecule has 1 unspecified atom stereocenters. The smallest absolute Gasteiger partial charge is 1.00 e. The van der Waals surface area contributed by atoms with Crippen LogP contribution < -0.4 is 24.8 Å². The average Bonchev–Trinajstić information content (AvgIpc) is 3.81. The summed E-state index contributed by atoms with van der Waals surface area (Å²) in [5.41, 5.74) is 11.6. The van der Waals surface area contributed by atoms with E-state index in [0.29, 0.717) is 11.3 Å². The molecule has 2 aliphatic rings. The first-order chi connectivity index (χ1) is 26.7. The van der Waals surface area contributed by atoms with Crippen LogP contribution >= 0.6 is 0 Å². The molecule has 6 aromatic carbocycles. The predicted octanol–water partition coefficient (Wildman–Crippen LogP) is 9.71. The van der Waals surface area contributed by atoms with E-state index in [0.717, 1.165) is 0 Å². The van der Waals surface area contributed by atoms with Crippen LogP contribution in [0, 0.1) is 17.4 Å². The Morgan fingerprint density at radius 3 is 1.48 bits per heavy atom. The third-order valence-electron chi connectivity index (χ3n) is 11.8. The van der Waals surface area contributed by atoms with E-state index in [1.807, 2.05) is 0 Å². The summed E-state index contributed by atoms with van der Waals surface area (Å²) >= 11 is 1.54. The molecule has 3 heteroatoms. The number of halogens is 2. The maximum atomic E-state index is 3.37. The normalized spacial score (nSPS) is 15.9. The SMILES string of the molecule is CC(C)(C)c1cc2c(cc1-c1ccccc1)[cH-]c1cc(-c3ccccc3)c(C(C)(C)C)cc12.CC1[C-]=CC(C2(C)CCCCC2)=C1.CC[C](=[Zr+2])c1ccccc1.[Cl-].[Cl-]. The van der Waals surface area contributed by atoms with Crippen LogP contribution in [0.1, 0.15) is 118 Å². The molecule has 0 bridgehead atoms. The fourth-order valence-electron chi connectivity index (χ4n) is 8.49. The minimum absolute atomic E-state index is 0. The van der Waals surface area contributed by atoms with Gasteiger partial charge in [-0.3, -0.25) is 6.08 Å². The second kappa shape index (κ2) is 20.4. The van der Waals surface area contributed by atoms with Crippen molar-refractivity contribution in [3.63, 3.8) is 0 Å². The Morgan fingerprint density at radius 1 is 0.672 bits per heavy atom. The van der Waals surface area contributed by atoms with Crippen molar-refractivity contribution in [2.45, 2.75) is 112 Å². The fraction of sp³-hybridized carbons (Fsp3) is 0.345. The topological polar surface area (TPSA) is 0 Å². The van der Waals surface area contributed by atoms with Gasteiger partial charge >= 0.3 is 76.7 Å². The minimum atomic E-state index is 0. The summed E-state index contributed by atoms with van der Waals surface area (Å²) in [6.45, 7) is 20.8. The van der Waals surface area contributed by atoms with Crippen molar-refractivity contribution in [3.05, 3.63) is 162 Å². The van der Waals surface area contributed by atoms with Crippen molar-refractivity contribution in [3.8, 4) is 22.3 Å². The first kappa shape index (κ1) is 47.5. The standard InChI is InChI=1S/C33H33.C13H19.C9H10.2ClH.Zr/c1-32(2,3)30-20-26-24(18-28(30)22-13-9-7-10-14-22)17-25-19-29(23-15-11-8-12-16-23)31(21-27(25)26)33(4,5)6;1-11-6-7-12(10-11)13(2)8-4-3-5-9-13;1-2-6-9-7-4-3-5-8-9;;;/h7-21H,1-6H3;7,10-11H,3-5,8-9H2,1-2H3;3-5,7-8H,2H2,1H3;2*1H;/q2*-1;;;;+2/p-2. The van der Waals surface area contributed by atoms with Gasteiger partial charge < -0.3 is 24.8 Å². The third kappa shape index (κ3) is 11.3. The zero-order valence-corrected chi connectivity index (χ0v) is 40.2. The summed E-state index contributed by atoms with van der Waals surface area (Å²) in [5.74, 6) is 0.550. The largest absolute Gasteiger partial charge is 1.00 e. The summed E-state index contributed by atoms with van der Waals surface area (Å²) in [5, 5.41) is 5.36. The Hall–Kier alpha value is -3.22. The van der Waals surface area contributed by atoms with Crippen molar-refractivity contribution in [2.75, 3.05) is 0 Å². The summed E-state index contributed by atoms with van der Waals surface area (Å²) in [7, 11) is 0. The van der Waals surface area contributed by atoms with Gasteiger partial charge in [0.05, 0.1) is 0 Å². The van der Waals surface area contributed by atoms with Gasteiger partial charge in [0.2, 0.25) is 0 Å². The Balaban J connectivity index is 0.000000244. The summed E-state index contributed by atoms with van der Waals surface area (Å²) in [6.07, 6.45) is 16.2. The molecular weight excluding hydrogens is 823 g/mol.